The van der Waals surface area contributed by atoms with E-state index in [-0.39, 0.29) is 0 Å². The van der Waals surface area contributed by atoms with Gasteiger partial charge in [0.05, 0.1) is 18.2 Å². The molecule has 2 aromatic rings. The number of piperidine rings is 1. The summed E-state index contributed by atoms with van der Waals surface area (Å²) in [5.41, 5.74) is 4.84. The van der Waals surface area contributed by atoms with E-state index in [1.54, 1.807) is 0 Å². The summed E-state index contributed by atoms with van der Waals surface area (Å²) >= 11 is 3.46. The molecule has 0 radical (unpaired) electrons. The molecule has 29 heavy (non-hydrogen) atoms. The van der Waals surface area contributed by atoms with Gasteiger partial charge in [0.2, 0.25) is 0 Å². The molecule has 1 saturated heterocycles. The lowest BCUT2D eigenvalue weighted by molar-refractivity contribution is 0.310. The number of ether oxygens (including phenoxy) is 1. The molecule has 0 amide bonds. The quantitative estimate of drug-likeness (QED) is 0.344. The van der Waals surface area contributed by atoms with Gasteiger partial charge < -0.3 is 9.64 Å². The summed E-state index contributed by atoms with van der Waals surface area (Å²) in [7, 11) is 0. The maximum atomic E-state index is 9.37. The number of unbranched alkanes of at least 4 members (excludes halogenated alkanes) is 1. The number of benzene rings is 2. The molecule has 2 fully saturated rings. The molecule has 1 aliphatic heterocycles. The van der Waals surface area contributed by atoms with Gasteiger partial charge in [0.25, 0.3) is 0 Å². The Morgan fingerprint density at radius 1 is 0.966 bits per heavy atom. The van der Waals surface area contributed by atoms with Crippen LogP contribution in [0, 0.1) is 11.3 Å². The van der Waals surface area contributed by atoms with Crippen molar-refractivity contribution in [1.82, 2.24) is 0 Å². The molecule has 1 heterocycles. The third-order valence-corrected chi connectivity index (χ3v) is 6.74. The molecule has 0 aromatic heterocycles. The van der Waals surface area contributed by atoms with E-state index in [0.717, 1.165) is 49.2 Å². The number of alkyl halides is 1. The van der Waals surface area contributed by atoms with Gasteiger partial charge in [0.15, 0.2) is 0 Å². The second kappa shape index (κ2) is 9.67. The molecule has 3 nitrogen and oxygen atoms in total. The van der Waals surface area contributed by atoms with Crippen LogP contribution in [0.1, 0.15) is 67.1 Å². The van der Waals surface area contributed by atoms with E-state index in [1.807, 2.05) is 6.07 Å². The van der Waals surface area contributed by atoms with E-state index in [2.05, 4.69) is 63.3 Å². The van der Waals surface area contributed by atoms with Crippen molar-refractivity contribution in [2.24, 2.45) is 0 Å². The van der Waals surface area contributed by atoms with Crippen molar-refractivity contribution in [2.75, 3.05) is 29.9 Å². The monoisotopic (exact) mass is 452 g/mol. The summed E-state index contributed by atoms with van der Waals surface area (Å²) < 4.78 is 5.83. The number of nitriles is 1. The smallest absolute Gasteiger partial charge is 0.119 e. The van der Waals surface area contributed by atoms with E-state index in [1.165, 1.54) is 42.5 Å². The predicted molar refractivity (Wildman–Crippen MR) is 122 cm³/mol. The minimum absolute atomic E-state index is 0.613. The largest absolute Gasteiger partial charge is 0.494 e. The second-order valence-corrected chi connectivity index (χ2v) is 9.03. The second-order valence-electron chi connectivity index (χ2n) is 8.23. The number of nitrogens with zero attached hydrogens (tertiary/aromatic N) is 2. The Kier molecular flexibility index (Phi) is 6.77. The van der Waals surface area contributed by atoms with Gasteiger partial charge in [0.1, 0.15) is 5.75 Å². The standard InChI is InChI=1S/C25H29BrN2O/c26-13-1-2-16-29-24-9-6-19(7-10-24)20-11-14-28(15-12-20)23-8-5-22(18-27)25(17-23)21-3-4-21/h5-10,17,20-21H,1-4,11-16H2. The van der Waals surface area contributed by atoms with E-state index in [4.69, 9.17) is 4.74 Å². The Morgan fingerprint density at radius 2 is 1.72 bits per heavy atom. The number of anilines is 1. The molecular weight excluding hydrogens is 424 g/mol. The van der Waals surface area contributed by atoms with Gasteiger partial charge in [-0.2, -0.15) is 5.26 Å². The number of halogens is 1. The highest BCUT2D eigenvalue weighted by molar-refractivity contribution is 9.09. The van der Waals surface area contributed by atoms with E-state index in [0.29, 0.717) is 11.8 Å². The minimum Gasteiger partial charge on any atom is -0.494 e. The lowest BCUT2D eigenvalue weighted by Crippen LogP contribution is -2.32. The normalized spacial score (nSPS) is 17.2. The molecule has 2 aromatic carbocycles. The van der Waals surface area contributed by atoms with Crippen LogP contribution in [0.3, 0.4) is 0 Å². The first-order chi connectivity index (χ1) is 14.3. The molecule has 0 spiro atoms. The average molecular weight is 453 g/mol. The van der Waals surface area contributed by atoms with Crippen LogP contribution < -0.4 is 9.64 Å². The summed E-state index contributed by atoms with van der Waals surface area (Å²) in [5.74, 6) is 2.21. The average Bonchev–Trinajstić information content (AvgIpc) is 3.62. The Balaban J connectivity index is 1.32. The fraction of sp³-hybridized carbons (Fsp3) is 0.480. The van der Waals surface area contributed by atoms with Crippen LogP contribution in [-0.4, -0.2) is 25.0 Å². The Morgan fingerprint density at radius 3 is 2.38 bits per heavy atom. The zero-order valence-corrected chi connectivity index (χ0v) is 18.5. The summed E-state index contributed by atoms with van der Waals surface area (Å²) in [6.07, 6.45) is 7.04. The third-order valence-electron chi connectivity index (χ3n) is 6.18. The van der Waals surface area contributed by atoms with Crippen molar-refractivity contribution >= 4 is 21.6 Å². The van der Waals surface area contributed by atoms with Crippen molar-refractivity contribution < 1.29 is 4.74 Å². The summed E-state index contributed by atoms with van der Waals surface area (Å²) in [6.45, 7) is 2.94. The predicted octanol–water partition coefficient (Wildman–Crippen LogP) is 6.37. The topological polar surface area (TPSA) is 36.3 Å². The van der Waals surface area contributed by atoms with Gasteiger partial charge in [0, 0.05) is 24.1 Å². The highest BCUT2D eigenvalue weighted by atomic mass is 79.9. The fourth-order valence-corrected chi connectivity index (χ4v) is 4.67. The van der Waals surface area contributed by atoms with Gasteiger partial charge in [-0.1, -0.05) is 28.1 Å². The van der Waals surface area contributed by atoms with Crippen LogP contribution in [-0.2, 0) is 0 Å². The third kappa shape index (κ3) is 5.14. The molecule has 152 valence electrons. The van der Waals surface area contributed by atoms with Crippen molar-refractivity contribution in [3.63, 3.8) is 0 Å². The summed E-state index contributed by atoms with van der Waals surface area (Å²) in [6, 6.07) is 17.5. The van der Waals surface area contributed by atoms with Gasteiger partial charge in [-0.05, 0) is 91.8 Å². The van der Waals surface area contributed by atoms with Crippen molar-refractivity contribution in [3.05, 3.63) is 59.2 Å². The fourth-order valence-electron chi connectivity index (χ4n) is 4.27. The van der Waals surface area contributed by atoms with E-state index >= 15 is 0 Å². The Bertz CT molecular complexity index is 846. The molecule has 0 bridgehead atoms. The zero-order chi connectivity index (χ0) is 20.1. The van der Waals surface area contributed by atoms with E-state index < -0.39 is 0 Å². The van der Waals surface area contributed by atoms with Gasteiger partial charge >= 0.3 is 0 Å². The van der Waals surface area contributed by atoms with Crippen LogP contribution in [0.5, 0.6) is 5.75 Å². The van der Waals surface area contributed by atoms with Gasteiger partial charge in [-0.3, -0.25) is 0 Å². The van der Waals surface area contributed by atoms with Crippen LogP contribution >= 0.6 is 15.9 Å². The van der Waals surface area contributed by atoms with Crippen molar-refractivity contribution in [1.29, 1.82) is 5.26 Å². The first kappa shape index (κ1) is 20.3. The summed E-state index contributed by atoms with van der Waals surface area (Å²) in [5, 5.41) is 10.4. The van der Waals surface area contributed by atoms with Crippen LogP contribution in [0.4, 0.5) is 5.69 Å². The molecule has 2 aliphatic rings. The lowest BCUT2D eigenvalue weighted by atomic mass is 9.89. The molecule has 0 N–H and O–H groups in total. The first-order valence-electron chi connectivity index (χ1n) is 10.9. The van der Waals surface area contributed by atoms with Crippen LogP contribution in [0.2, 0.25) is 0 Å². The minimum atomic E-state index is 0.613. The van der Waals surface area contributed by atoms with Crippen molar-refractivity contribution in [3.8, 4) is 11.8 Å². The molecule has 1 aliphatic carbocycles. The first-order valence-corrected chi connectivity index (χ1v) is 12.0. The van der Waals surface area contributed by atoms with Gasteiger partial charge in [-0.15, -0.1) is 0 Å². The number of hydrogen-bond acceptors (Lipinski definition) is 3. The molecule has 0 atom stereocenters. The van der Waals surface area contributed by atoms with Crippen molar-refractivity contribution in [2.45, 2.75) is 50.4 Å². The molecule has 4 heteroatoms. The zero-order valence-electron chi connectivity index (χ0n) is 16.9. The highest BCUT2D eigenvalue weighted by Gasteiger charge is 2.28. The number of rotatable bonds is 8. The lowest BCUT2D eigenvalue weighted by Gasteiger charge is -2.34. The number of hydrogen-bond donors (Lipinski definition) is 0. The molecule has 0 unspecified atom stereocenters. The molecular formula is C25H29BrN2O. The maximum absolute atomic E-state index is 9.37. The summed E-state index contributed by atoms with van der Waals surface area (Å²) in [4.78, 5) is 2.49. The Labute approximate surface area is 182 Å². The van der Waals surface area contributed by atoms with Gasteiger partial charge in [-0.25, -0.2) is 0 Å². The maximum Gasteiger partial charge on any atom is 0.119 e. The SMILES string of the molecule is N#Cc1ccc(N2CCC(c3ccc(OCCCCBr)cc3)CC2)cc1C1CC1. The highest BCUT2D eigenvalue weighted by Crippen LogP contribution is 2.43. The van der Waals surface area contributed by atoms with E-state index in [9.17, 15) is 5.26 Å². The molecule has 1 saturated carbocycles. The van der Waals surface area contributed by atoms with Crippen LogP contribution in [0.15, 0.2) is 42.5 Å². The van der Waals surface area contributed by atoms with Crippen LogP contribution in [0.25, 0.3) is 0 Å². The molecule has 4 rings (SSSR count). The Hall–Kier alpha value is -1.99.